The van der Waals surface area contributed by atoms with Crippen molar-refractivity contribution in [2.24, 2.45) is 7.05 Å². The molecule has 18 heavy (non-hydrogen) atoms. The van der Waals surface area contributed by atoms with E-state index in [0.717, 1.165) is 10.2 Å². The van der Waals surface area contributed by atoms with Crippen molar-refractivity contribution in [1.29, 1.82) is 0 Å². The Morgan fingerprint density at radius 2 is 2.28 bits per heavy atom. The van der Waals surface area contributed by atoms with Gasteiger partial charge in [0.1, 0.15) is 10.3 Å². The van der Waals surface area contributed by atoms with Gasteiger partial charge in [0.15, 0.2) is 5.58 Å². The number of nitrogens with zero attached hydrogens (tertiary/aromatic N) is 2. The Morgan fingerprint density at radius 3 is 2.94 bits per heavy atom. The maximum atomic E-state index is 11.1. The number of nitrogens with two attached hydrogens (primary N) is 1. The summed E-state index contributed by atoms with van der Waals surface area (Å²) >= 11 is 3.43. The van der Waals surface area contributed by atoms with E-state index in [1.54, 1.807) is 16.7 Å². The van der Waals surface area contributed by atoms with Crippen LogP contribution >= 0.6 is 15.9 Å². The van der Waals surface area contributed by atoms with Gasteiger partial charge in [0.05, 0.1) is 5.52 Å². The van der Waals surface area contributed by atoms with E-state index in [1.165, 1.54) is 0 Å². The topological polar surface area (TPSA) is 89.8 Å². The first-order valence-corrected chi connectivity index (χ1v) is 5.96. The molecule has 0 radical (unpaired) electrons. The molecule has 0 amide bonds. The molecule has 0 spiro atoms. The smallest absolute Gasteiger partial charge is 0.408 e. The molecule has 6 nitrogen and oxygen atoms in total. The van der Waals surface area contributed by atoms with E-state index in [-0.39, 0.29) is 0 Å². The van der Waals surface area contributed by atoms with Crippen LogP contribution in [0.3, 0.4) is 0 Å². The summed E-state index contributed by atoms with van der Waals surface area (Å²) in [7, 11) is 1.81. The van der Waals surface area contributed by atoms with Gasteiger partial charge in [0.2, 0.25) is 5.95 Å². The summed E-state index contributed by atoms with van der Waals surface area (Å²) in [6.07, 6.45) is 0. The lowest BCUT2D eigenvalue weighted by molar-refractivity contribution is 0.555. The fourth-order valence-corrected chi connectivity index (χ4v) is 2.27. The SMILES string of the molecule is Cn1c(N)nc(-c2ccc3[nH]c(=O)oc3c2)c1Br. The van der Waals surface area contributed by atoms with Crippen LogP contribution in [0.4, 0.5) is 5.95 Å². The highest BCUT2D eigenvalue weighted by atomic mass is 79.9. The van der Waals surface area contributed by atoms with E-state index >= 15 is 0 Å². The second kappa shape index (κ2) is 3.74. The predicted octanol–water partition coefficient (Wildman–Crippen LogP) is 1.87. The monoisotopic (exact) mass is 308 g/mol. The minimum Gasteiger partial charge on any atom is -0.408 e. The fraction of sp³-hybridized carbons (Fsp3) is 0.0909. The number of aromatic nitrogens is 3. The molecule has 0 unspecified atom stereocenters. The Kier molecular flexibility index (Phi) is 2.30. The van der Waals surface area contributed by atoms with E-state index < -0.39 is 5.76 Å². The van der Waals surface area contributed by atoms with Crippen molar-refractivity contribution in [3.8, 4) is 11.3 Å². The molecule has 0 bridgehead atoms. The first kappa shape index (κ1) is 11.1. The summed E-state index contributed by atoms with van der Waals surface area (Å²) in [5.74, 6) is -0.0609. The van der Waals surface area contributed by atoms with Gasteiger partial charge in [0.25, 0.3) is 0 Å². The van der Waals surface area contributed by atoms with Gasteiger partial charge >= 0.3 is 5.76 Å². The lowest BCUT2D eigenvalue weighted by Gasteiger charge is -1.98. The third-order valence-electron chi connectivity index (χ3n) is 2.75. The molecule has 1 aromatic carbocycles. The average Bonchev–Trinajstić information content (AvgIpc) is 2.82. The van der Waals surface area contributed by atoms with Gasteiger partial charge < -0.3 is 14.7 Å². The Labute approximate surface area is 110 Å². The molecule has 0 atom stereocenters. The zero-order valence-electron chi connectivity index (χ0n) is 9.40. The summed E-state index contributed by atoms with van der Waals surface area (Å²) in [5, 5.41) is 0. The van der Waals surface area contributed by atoms with Crippen molar-refractivity contribution in [3.63, 3.8) is 0 Å². The number of halogens is 1. The summed E-state index contributed by atoms with van der Waals surface area (Å²) in [6.45, 7) is 0. The molecule has 3 N–H and O–H groups in total. The quantitative estimate of drug-likeness (QED) is 0.718. The van der Waals surface area contributed by atoms with Crippen molar-refractivity contribution in [2.75, 3.05) is 5.73 Å². The number of H-pyrrole nitrogens is 1. The molecule has 0 fully saturated rings. The van der Waals surface area contributed by atoms with Gasteiger partial charge in [-0.2, -0.15) is 0 Å². The Morgan fingerprint density at radius 1 is 1.50 bits per heavy atom. The zero-order valence-corrected chi connectivity index (χ0v) is 11.0. The molecule has 0 saturated heterocycles. The summed E-state index contributed by atoms with van der Waals surface area (Å²) in [5.41, 5.74) is 8.42. The zero-order chi connectivity index (χ0) is 12.9. The van der Waals surface area contributed by atoms with E-state index in [0.29, 0.717) is 22.7 Å². The first-order chi connectivity index (χ1) is 8.56. The van der Waals surface area contributed by atoms with Crippen LogP contribution < -0.4 is 11.5 Å². The molecule has 0 aliphatic heterocycles. The molecule has 0 saturated carbocycles. The van der Waals surface area contributed by atoms with Gasteiger partial charge in [-0.1, -0.05) is 6.07 Å². The number of oxazole rings is 1. The number of benzene rings is 1. The molecule has 0 aliphatic carbocycles. The minimum absolute atomic E-state index is 0.410. The maximum Gasteiger partial charge on any atom is 0.417 e. The van der Waals surface area contributed by atoms with Crippen molar-refractivity contribution in [2.45, 2.75) is 0 Å². The Bertz CT molecular complexity index is 799. The lowest BCUT2D eigenvalue weighted by Crippen LogP contribution is -1.96. The van der Waals surface area contributed by atoms with E-state index in [9.17, 15) is 4.79 Å². The number of fused-ring (bicyclic) bond motifs is 1. The van der Waals surface area contributed by atoms with Gasteiger partial charge in [-0.3, -0.25) is 4.98 Å². The van der Waals surface area contributed by atoms with Crippen molar-refractivity contribution < 1.29 is 4.42 Å². The predicted molar refractivity (Wildman–Crippen MR) is 71.1 cm³/mol. The first-order valence-electron chi connectivity index (χ1n) is 5.17. The Balaban J connectivity index is 2.24. The van der Waals surface area contributed by atoms with Gasteiger partial charge in [0, 0.05) is 12.6 Å². The van der Waals surface area contributed by atoms with Crippen molar-refractivity contribution in [3.05, 3.63) is 33.4 Å². The van der Waals surface area contributed by atoms with Crippen LogP contribution in [-0.4, -0.2) is 14.5 Å². The molecular formula is C11H9BrN4O2. The number of nitrogen functional groups attached to an aromatic ring is 1. The van der Waals surface area contributed by atoms with Gasteiger partial charge in [-0.25, -0.2) is 9.78 Å². The standard InChI is InChI=1S/C11H9BrN4O2/c1-16-9(12)8(15-10(16)13)5-2-3-6-7(4-5)18-11(17)14-6/h2-4H,1H3,(H2,13,15)(H,14,17). The average molecular weight is 309 g/mol. The van der Waals surface area contributed by atoms with Crippen LogP contribution in [0.15, 0.2) is 32.0 Å². The number of hydrogen-bond donors (Lipinski definition) is 2. The largest absolute Gasteiger partial charge is 0.417 e. The van der Waals surface area contributed by atoms with Crippen LogP contribution in [0.2, 0.25) is 0 Å². The van der Waals surface area contributed by atoms with E-state index in [1.807, 2.05) is 13.1 Å². The summed E-state index contributed by atoms with van der Waals surface area (Å²) < 4.78 is 7.52. The van der Waals surface area contributed by atoms with Gasteiger partial charge in [-0.05, 0) is 28.1 Å². The van der Waals surface area contributed by atoms with Crippen molar-refractivity contribution >= 4 is 33.0 Å². The molecular weight excluding hydrogens is 300 g/mol. The third kappa shape index (κ3) is 1.55. The maximum absolute atomic E-state index is 11.1. The Hall–Kier alpha value is -2.02. The number of hydrogen-bond acceptors (Lipinski definition) is 4. The second-order valence-electron chi connectivity index (χ2n) is 3.89. The number of aromatic amines is 1. The summed E-state index contributed by atoms with van der Waals surface area (Å²) in [4.78, 5) is 17.9. The molecule has 7 heteroatoms. The fourth-order valence-electron chi connectivity index (χ4n) is 1.77. The van der Waals surface area contributed by atoms with E-state index in [4.69, 9.17) is 10.2 Å². The number of anilines is 1. The van der Waals surface area contributed by atoms with Crippen LogP contribution in [0.25, 0.3) is 22.4 Å². The molecule has 3 rings (SSSR count). The highest BCUT2D eigenvalue weighted by molar-refractivity contribution is 9.10. The number of rotatable bonds is 1. The highest BCUT2D eigenvalue weighted by Crippen LogP contribution is 2.30. The highest BCUT2D eigenvalue weighted by Gasteiger charge is 2.13. The molecule has 3 aromatic rings. The molecule has 0 aliphatic rings. The molecule has 92 valence electrons. The third-order valence-corrected chi connectivity index (χ3v) is 3.66. The number of imidazole rings is 1. The van der Waals surface area contributed by atoms with Crippen molar-refractivity contribution in [1.82, 2.24) is 14.5 Å². The summed E-state index contributed by atoms with van der Waals surface area (Å²) in [6, 6.07) is 5.37. The van der Waals surface area contributed by atoms with E-state index in [2.05, 4.69) is 25.9 Å². The molecule has 2 heterocycles. The second-order valence-corrected chi connectivity index (χ2v) is 4.65. The minimum atomic E-state index is -0.471. The van der Waals surface area contributed by atoms with Gasteiger partial charge in [-0.15, -0.1) is 0 Å². The van der Waals surface area contributed by atoms with Crippen LogP contribution in [-0.2, 0) is 7.05 Å². The van der Waals surface area contributed by atoms with Crippen LogP contribution in [0.1, 0.15) is 0 Å². The normalized spacial score (nSPS) is 11.2. The van der Waals surface area contributed by atoms with Crippen LogP contribution in [0.5, 0.6) is 0 Å². The van der Waals surface area contributed by atoms with Crippen LogP contribution in [0, 0.1) is 0 Å². The number of nitrogens with one attached hydrogen (secondary N) is 1. The molecule has 2 aromatic heterocycles. The lowest BCUT2D eigenvalue weighted by atomic mass is 10.1.